The van der Waals surface area contributed by atoms with Gasteiger partial charge in [0.05, 0.1) is 20.8 Å². The first-order valence-electron chi connectivity index (χ1n) is 7.88. The summed E-state index contributed by atoms with van der Waals surface area (Å²) in [6.07, 6.45) is 6.83. The summed E-state index contributed by atoms with van der Waals surface area (Å²) >= 11 is 3.35. The van der Waals surface area contributed by atoms with Gasteiger partial charge in [0.2, 0.25) is 15.8 Å². The van der Waals surface area contributed by atoms with Gasteiger partial charge in [-0.2, -0.15) is 4.98 Å². The number of sulfone groups is 1. The van der Waals surface area contributed by atoms with Crippen LogP contribution in [0, 0.1) is 12.3 Å². The average Bonchev–Trinajstić information content (AvgIpc) is 2.69. The molecule has 2 aromatic carbocycles. The lowest BCUT2D eigenvalue weighted by Crippen LogP contribution is -2.06. The molecule has 0 aliphatic rings. The van der Waals surface area contributed by atoms with Crippen LogP contribution in [0.25, 0.3) is 0 Å². The zero-order valence-electron chi connectivity index (χ0n) is 14.1. The van der Waals surface area contributed by atoms with Crippen molar-refractivity contribution in [2.24, 2.45) is 0 Å². The van der Waals surface area contributed by atoms with Crippen LogP contribution >= 0.6 is 15.9 Å². The highest BCUT2D eigenvalue weighted by atomic mass is 79.9. The van der Waals surface area contributed by atoms with Gasteiger partial charge in [-0.25, -0.2) is 13.4 Å². The SMILES string of the molecule is C#CCNc1nc(Nc2cccc(S(=O)(=O)c3ccccc3)c2)ncc1Br. The van der Waals surface area contributed by atoms with Crippen molar-refractivity contribution in [3.05, 3.63) is 65.3 Å². The van der Waals surface area contributed by atoms with Gasteiger partial charge in [-0.3, -0.25) is 0 Å². The van der Waals surface area contributed by atoms with Crippen molar-refractivity contribution in [3.8, 4) is 12.3 Å². The fourth-order valence-electron chi connectivity index (χ4n) is 2.29. The van der Waals surface area contributed by atoms with Gasteiger partial charge in [-0.1, -0.05) is 30.2 Å². The lowest BCUT2D eigenvalue weighted by atomic mass is 10.3. The molecule has 3 rings (SSSR count). The molecule has 2 N–H and O–H groups in total. The summed E-state index contributed by atoms with van der Waals surface area (Å²) < 4.78 is 26.2. The minimum absolute atomic E-state index is 0.182. The van der Waals surface area contributed by atoms with E-state index in [-0.39, 0.29) is 9.79 Å². The van der Waals surface area contributed by atoms with Gasteiger partial charge in [-0.15, -0.1) is 6.42 Å². The number of nitrogens with one attached hydrogen (secondary N) is 2. The molecule has 0 amide bonds. The molecule has 1 aromatic heterocycles. The first-order valence-corrected chi connectivity index (χ1v) is 10.2. The quantitative estimate of drug-likeness (QED) is 0.563. The molecule has 0 unspecified atom stereocenters. The van der Waals surface area contributed by atoms with Gasteiger partial charge in [0.1, 0.15) is 5.82 Å². The predicted molar refractivity (Wildman–Crippen MR) is 109 cm³/mol. The van der Waals surface area contributed by atoms with Crippen LogP contribution in [0.2, 0.25) is 0 Å². The molecular weight excluding hydrogens is 428 g/mol. The molecule has 6 nitrogen and oxygen atoms in total. The molecule has 8 heteroatoms. The largest absolute Gasteiger partial charge is 0.358 e. The maximum absolute atomic E-state index is 12.8. The molecular formula is C19H15BrN4O2S. The van der Waals surface area contributed by atoms with E-state index in [0.29, 0.717) is 28.5 Å². The fourth-order valence-corrected chi connectivity index (χ4v) is 3.95. The molecule has 0 aliphatic carbocycles. The minimum Gasteiger partial charge on any atom is -0.358 e. The monoisotopic (exact) mass is 442 g/mol. The number of benzene rings is 2. The van der Waals surface area contributed by atoms with Crippen LogP contribution in [0.5, 0.6) is 0 Å². The summed E-state index contributed by atoms with van der Waals surface area (Å²) in [5.74, 6) is 3.33. The Labute approximate surface area is 166 Å². The molecule has 27 heavy (non-hydrogen) atoms. The molecule has 0 fully saturated rings. The minimum atomic E-state index is -3.60. The van der Waals surface area contributed by atoms with Crippen molar-refractivity contribution in [3.63, 3.8) is 0 Å². The van der Waals surface area contributed by atoms with E-state index in [1.807, 2.05) is 0 Å². The molecule has 0 atom stereocenters. The van der Waals surface area contributed by atoms with Crippen molar-refractivity contribution < 1.29 is 8.42 Å². The predicted octanol–water partition coefficient (Wildman–Crippen LogP) is 3.86. The van der Waals surface area contributed by atoms with E-state index in [1.54, 1.807) is 60.8 Å². The van der Waals surface area contributed by atoms with Gasteiger partial charge in [0.15, 0.2) is 0 Å². The highest BCUT2D eigenvalue weighted by molar-refractivity contribution is 9.10. The third-order valence-electron chi connectivity index (χ3n) is 3.56. The van der Waals surface area contributed by atoms with Crippen LogP contribution in [-0.2, 0) is 9.84 Å². The standard InChI is InChI=1S/C19H15BrN4O2S/c1-2-11-21-18-17(20)13-22-19(24-18)23-14-7-6-10-16(12-14)27(25,26)15-8-4-3-5-9-15/h1,3-10,12-13H,11H2,(H2,21,22,23,24). The topological polar surface area (TPSA) is 84.0 Å². The second-order valence-electron chi connectivity index (χ2n) is 5.42. The molecule has 3 aromatic rings. The number of halogens is 1. The Bertz CT molecular complexity index is 1100. The Morgan fingerprint density at radius 1 is 1.07 bits per heavy atom. The third kappa shape index (κ3) is 4.45. The van der Waals surface area contributed by atoms with E-state index >= 15 is 0 Å². The Morgan fingerprint density at radius 2 is 1.81 bits per heavy atom. The Balaban J connectivity index is 1.88. The van der Waals surface area contributed by atoms with Gasteiger partial charge in [0.25, 0.3) is 0 Å². The van der Waals surface area contributed by atoms with Crippen molar-refractivity contribution in [1.82, 2.24) is 9.97 Å². The van der Waals surface area contributed by atoms with Crippen LogP contribution in [0.15, 0.2) is 75.1 Å². The van der Waals surface area contributed by atoms with Crippen molar-refractivity contribution >= 4 is 43.2 Å². The van der Waals surface area contributed by atoms with Crippen LogP contribution < -0.4 is 10.6 Å². The summed E-state index contributed by atoms with van der Waals surface area (Å²) in [7, 11) is -3.60. The highest BCUT2D eigenvalue weighted by Gasteiger charge is 2.17. The van der Waals surface area contributed by atoms with E-state index in [4.69, 9.17) is 6.42 Å². The number of terminal acetylenes is 1. The van der Waals surface area contributed by atoms with E-state index in [9.17, 15) is 8.42 Å². The summed E-state index contributed by atoms with van der Waals surface area (Å²) in [6, 6.07) is 14.8. The number of aromatic nitrogens is 2. The summed E-state index contributed by atoms with van der Waals surface area (Å²) in [6.45, 7) is 0.319. The molecule has 0 bridgehead atoms. The number of hydrogen-bond acceptors (Lipinski definition) is 6. The van der Waals surface area contributed by atoms with Gasteiger partial charge in [0, 0.05) is 11.9 Å². The number of nitrogens with zero attached hydrogens (tertiary/aromatic N) is 2. The maximum Gasteiger partial charge on any atom is 0.229 e. The van der Waals surface area contributed by atoms with Crippen LogP contribution in [0.4, 0.5) is 17.5 Å². The normalized spacial score (nSPS) is 10.8. The van der Waals surface area contributed by atoms with Gasteiger partial charge >= 0.3 is 0 Å². The van der Waals surface area contributed by atoms with Crippen molar-refractivity contribution in [2.45, 2.75) is 9.79 Å². The Kier molecular flexibility index (Phi) is 5.74. The highest BCUT2D eigenvalue weighted by Crippen LogP contribution is 2.25. The molecule has 0 saturated carbocycles. The van der Waals surface area contributed by atoms with Crippen LogP contribution in [0.3, 0.4) is 0 Å². The second kappa shape index (κ2) is 8.20. The molecule has 0 saturated heterocycles. The Hall–Kier alpha value is -2.89. The maximum atomic E-state index is 12.8. The van der Waals surface area contributed by atoms with E-state index in [1.165, 1.54) is 0 Å². The number of rotatable bonds is 6. The first kappa shape index (κ1) is 18.9. The van der Waals surface area contributed by atoms with Crippen LogP contribution in [-0.4, -0.2) is 24.9 Å². The second-order valence-corrected chi connectivity index (χ2v) is 8.22. The van der Waals surface area contributed by atoms with Crippen LogP contribution in [0.1, 0.15) is 0 Å². The van der Waals surface area contributed by atoms with E-state index < -0.39 is 9.84 Å². The van der Waals surface area contributed by atoms with Crippen molar-refractivity contribution in [1.29, 1.82) is 0 Å². The van der Waals surface area contributed by atoms with Gasteiger partial charge in [-0.05, 0) is 46.3 Å². The first-order chi connectivity index (χ1) is 13.0. The summed E-state index contributed by atoms with van der Waals surface area (Å²) in [4.78, 5) is 8.93. The summed E-state index contributed by atoms with van der Waals surface area (Å²) in [5, 5.41) is 5.99. The van der Waals surface area contributed by atoms with E-state index in [0.717, 1.165) is 0 Å². The molecule has 0 radical (unpaired) electrons. The average molecular weight is 443 g/mol. The lowest BCUT2D eigenvalue weighted by molar-refractivity contribution is 0.596. The molecule has 0 aliphatic heterocycles. The zero-order valence-corrected chi connectivity index (χ0v) is 16.5. The summed E-state index contributed by atoms with van der Waals surface area (Å²) in [5.41, 5.74) is 0.553. The smallest absolute Gasteiger partial charge is 0.229 e. The number of anilines is 3. The molecule has 136 valence electrons. The van der Waals surface area contributed by atoms with Crippen molar-refractivity contribution in [2.75, 3.05) is 17.2 Å². The third-order valence-corrected chi connectivity index (χ3v) is 5.90. The lowest BCUT2D eigenvalue weighted by Gasteiger charge is -2.10. The number of hydrogen-bond donors (Lipinski definition) is 2. The zero-order chi connectivity index (χ0) is 19.3. The molecule has 0 spiro atoms. The Morgan fingerprint density at radius 3 is 2.56 bits per heavy atom. The van der Waals surface area contributed by atoms with E-state index in [2.05, 4.69) is 42.5 Å². The fraction of sp³-hybridized carbons (Fsp3) is 0.0526. The van der Waals surface area contributed by atoms with Gasteiger partial charge < -0.3 is 10.6 Å². The molecule has 1 heterocycles.